The van der Waals surface area contributed by atoms with E-state index in [1.54, 1.807) is 30.4 Å². The molecule has 3 rings (SSSR count). The molecule has 0 amide bonds. The summed E-state index contributed by atoms with van der Waals surface area (Å²) in [7, 11) is 0. The minimum absolute atomic E-state index is 0.0573. The number of carbonyl (C=O) groups excluding carboxylic acids is 1. The highest BCUT2D eigenvalue weighted by molar-refractivity contribution is 6.13. The van der Waals surface area contributed by atoms with Gasteiger partial charge in [0.25, 0.3) is 0 Å². The van der Waals surface area contributed by atoms with Crippen molar-refractivity contribution in [2.75, 3.05) is 0 Å². The minimum atomic E-state index is -0.331. The summed E-state index contributed by atoms with van der Waals surface area (Å²) in [5.41, 5.74) is 2.62. The first-order chi connectivity index (χ1) is 11.5. The molecule has 1 aliphatic rings. The zero-order valence-corrected chi connectivity index (χ0v) is 13.0. The van der Waals surface area contributed by atoms with Crippen LogP contribution in [0.2, 0.25) is 0 Å². The SMILES string of the molecule is O=C1/C(=C/c2cccc(F)c2)CCC/C1=C\c1ccc(O)c(O)c1. The molecule has 0 saturated heterocycles. The van der Waals surface area contributed by atoms with Gasteiger partial charge in [-0.3, -0.25) is 4.79 Å². The van der Waals surface area contributed by atoms with Crippen molar-refractivity contribution < 1.29 is 19.4 Å². The number of rotatable bonds is 2. The van der Waals surface area contributed by atoms with Crippen LogP contribution >= 0.6 is 0 Å². The van der Waals surface area contributed by atoms with Crippen LogP contribution < -0.4 is 0 Å². The van der Waals surface area contributed by atoms with E-state index in [1.807, 2.05) is 0 Å². The topological polar surface area (TPSA) is 57.5 Å². The number of aromatic hydroxyl groups is 2. The van der Waals surface area contributed by atoms with E-state index in [0.29, 0.717) is 35.1 Å². The lowest BCUT2D eigenvalue weighted by Crippen LogP contribution is -2.12. The lowest BCUT2D eigenvalue weighted by atomic mass is 9.87. The first-order valence-corrected chi connectivity index (χ1v) is 7.76. The second kappa shape index (κ2) is 6.71. The fourth-order valence-corrected chi connectivity index (χ4v) is 2.81. The molecular weight excluding hydrogens is 307 g/mol. The smallest absolute Gasteiger partial charge is 0.185 e. The number of ketones is 1. The van der Waals surface area contributed by atoms with Gasteiger partial charge in [0.15, 0.2) is 17.3 Å². The summed E-state index contributed by atoms with van der Waals surface area (Å²) in [5.74, 6) is -0.803. The summed E-state index contributed by atoms with van der Waals surface area (Å²) in [6.07, 6.45) is 5.60. The number of hydrogen-bond donors (Lipinski definition) is 2. The maximum absolute atomic E-state index is 13.3. The Hall–Kier alpha value is -2.88. The summed E-state index contributed by atoms with van der Waals surface area (Å²) in [4.78, 5) is 12.6. The largest absolute Gasteiger partial charge is 0.504 e. The van der Waals surface area contributed by atoms with Crippen molar-refractivity contribution in [1.82, 2.24) is 0 Å². The van der Waals surface area contributed by atoms with Gasteiger partial charge in [-0.1, -0.05) is 18.2 Å². The monoisotopic (exact) mass is 324 g/mol. The Kier molecular flexibility index (Phi) is 4.47. The van der Waals surface area contributed by atoms with Crippen LogP contribution in [0, 0.1) is 5.82 Å². The van der Waals surface area contributed by atoms with E-state index < -0.39 is 0 Å². The van der Waals surface area contributed by atoms with Gasteiger partial charge in [0, 0.05) is 11.1 Å². The molecule has 2 N–H and O–H groups in total. The maximum Gasteiger partial charge on any atom is 0.185 e. The second-order valence-corrected chi connectivity index (χ2v) is 5.82. The van der Waals surface area contributed by atoms with Crippen molar-refractivity contribution in [2.45, 2.75) is 19.3 Å². The molecule has 2 aromatic rings. The van der Waals surface area contributed by atoms with E-state index in [1.165, 1.54) is 24.3 Å². The van der Waals surface area contributed by atoms with Crippen LogP contribution in [0.3, 0.4) is 0 Å². The van der Waals surface area contributed by atoms with Gasteiger partial charge in [-0.25, -0.2) is 4.39 Å². The Morgan fingerprint density at radius 1 is 0.875 bits per heavy atom. The van der Waals surface area contributed by atoms with E-state index in [4.69, 9.17) is 0 Å². The molecular formula is C20H17FO3. The molecule has 0 unspecified atom stereocenters. The highest BCUT2D eigenvalue weighted by Crippen LogP contribution is 2.30. The average Bonchev–Trinajstić information content (AvgIpc) is 2.55. The first-order valence-electron chi connectivity index (χ1n) is 7.76. The van der Waals surface area contributed by atoms with Crippen LogP contribution in [-0.2, 0) is 4.79 Å². The number of benzene rings is 2. The number of Topliss-reactive ketones (excluding diaryl/α,β-unsaturated/α-hetero) is 1. The van der Waals surface area contributed by atoms with Crippen molar-refractivity contribution >= 4 is 17.9 Å². The van der Waals surface area contributed by atoms with E-state index in [0.717, 1.165) is 6.42 Å². The van der Waals surface area contributed by atoms with Crippen LogP contribution in [0.1, 0.15) is 30.4 Å². The molecule has 0 radical (unpaired) electrons. The van der Waals surface area contributed by atoms with Gasteiger partial charge in [0.2, 0.25) is 0 Å². The third-order valence-corrected chi connectivity index (χ3v) is 4.01. The van der Waals surface area contributed by atoms with Crippen molar-refractivity contribution in [2.24, 2.45) is 0 Å². The van der Waals surface area contributed by atoms with Crippen LogP contribution in [0.15, 0.2) is 53.6 Å². The Morgan fingerprint density at radius 2 is 1.54 bits per heavy atom. The maximum atomic E-state index is 13.3. The standard InChI is InChI=1S/C20H17FO3/c21-17-6-1-3-13(11-17)9-15-4-2-5-16(20(15)24)10-14-7-8-18(22)19(23)12-14/h1,3,6-12,22-23H,2,4-5H2/b15-9+,16-10+. The van der Waals surface area contributed by atoms with Gasteiger partial charge < -0.3 is 10.2 Å². The summed E-state index contributed by atoms with van der Waals surface area (Å²) < 4.78 is 13.3. The lowest BCUT2D eigenvalue weighted by molar-refractivity contribution is -0.112. The van der Waals surface area contributed by atoms with Crippen LogP contribution in [0.4, 0.5) is 4.39 Å². The summed E-state index contributed by atoms with van der Waals surface area (Å²) in [6, 6.07) is 10.6. The van der Waals surface area contributed by atoms with Gasteiger partial charge in [0.05, 0.1) is 0 Å². The zero-order chi connectivity index (χ0) is 17.1. The predicted molar refractivity (Wildman–Crippen MR) is 91.0 cm³/mol. The Balaban J connectivity index is 1.89. The normalized spacial score (nSPS) is 18.3. The zero-order valence-electron chi connectivity index (χ0n) is 13.0. The number of hydrogen-bond acceptors (Lipinski definition) is 3. The van der Waals surface area contributed by atoms with Gasteiger partial charge in [0.1, 0.15) is 5.82 Å². The molecule has 1 saturated carbocycles. The van der Waals surface area contributed by atoms with E-state index >= 15 is 0 Å². The summed E-state index contributed by atoms with van der Waals surface area (Å²) in [5, 5.41) is 18.9. The quantitative estimate of drug-likeness (QED) is 0.633. The third kappa shape index (κ3) is 3.54. The van der Waals surface area contributed by atoms with Crippen molar-refractivity contribution in [3.8, 4) is 11.5 Å². The van der Waals surface area contributed by atoms with Gasteiger partial charge >= 0.3 is 0 Å². The third-order valence-electron chi connectivity index (χ3n) is 4.01. The van der Waals surface area contributed by atoms with E-state index in [-0.39, 0.29) is 23.1 Å². The minimum Gasteiger partial charge on any atom is -0.504 e. The predicted octanol–water partition coefficient (Wildman–Crippen LogP) is 4.46. The molecule has 0 atom stereocenters. The second-order valence-electron chi connectivity index (χ2n) is 5.82. The Labute approximate surface area is 139 Å². The highest BCUT2D eigenvalue weighted by Gasteiger charge is 2.20. The summed E-state index contributed by atoms with van der Waals surface area (Å²) in [6.45, 7) is 0. The molecule has 0 spiro atoms. The fraction of sp³-hybridized carbons (Fsp3) is 0.150. The number of phenolic OH excluding ortho intramolecular Hbond substituents is 2. The van der Waals surface area contributed by atoms with Crippen LogP contribution in [-0.4, -0.2) is 16.0 Å². The van der Waals surface area contributed by atoms with Gasteiger partial charge in [-0.15, -0.1) is 0 Å². The molecule has 24 heavy (non-hydrogen) atoms. The van der Waals surface area contributed by atoms with Crippen molar-refractivity contribution in [3.63, 3.8) is 0 Å². The molecule has 0 aromatic heterocycles. The highest BCUT2D eigenvalue weighted by atomic mass is 19.1. The lowest BCUT2D eigenvalue weighted by Gasteiger charge is -2.16. The van der Waals surface area contributed by atoms with Crippen molar-refractivity contribution in [3.05, 3.63) is 70.6 Å². The van der Waals surface area contributed by atoms with Crippen LogP contribution in [0.5, 0.6) is 11.5 Å². The number of allylic oxidation sites excluding steroid dienone is 2. The van der Waals surface area contributed by atoms with Crippen molar-refractivity contribution in [1.29, 1.82) is 0 Å². The van der Waals surface area contributed by atoms with E-state index in [2.05, 4.69) is 0 Å². The Bertz CT molecular complexity index is 850. The molecule has 2 aromatic carbocycles. The van der Waals surface area contributed by atoms with Crippen LogP contribution in [0.25, 0.3) is 12.2 Å². The molecule has 1 aliphatic carbocycles. The van der Waals surface area contributed by atoms with E-state index in [9.17, 15) is 19.4 Å². The fourth-order valence-electron chi connectivity index (χ4n) is 2.81. The molecule has 1 fully saturated rings. The molecule has 0 heterocycles. The summed E-state index contributed by atoms with van der Waals surface area (Å²) >= 11 is 0. The number of carbonyl (C=O) groups is 1. The number of halogens is 1. The molecule has 122 valence electrons. The molecule has 0 aliphatic heterocycles. The van der Waals surface area contributed by atoms with Gasteiger partial charge in [-0.2, -0.15) is 0 Å². The Morgan fingerprint density at radius 3 is 2.17 bits per heavy atom. The number of phenols is 2. The molecule has 0 bridgehead atoms. The first kappa shape index (κ1) is 16.0. The van der Waals surface area contributed by atoms with Gasteiger partial charge in [-0.05, 0) is 66.8 Å². The average molecular weight is 324 g/mol. The molecule has 3 nitrogen and oxygen atoms in total. The molecule has 4 heteroatoms.